The van der Waals surface area contributed by atoms with Crippen LogP contribution in [-0.4, -0.2) is 20.0 Å². The van der Waals surface area contributed by atoms with Gasteiger partial charge in [0.05, 0.1) is 6.61 Å². The molecule has 0 bridgehead atoms. The predicted octanol–water partition coefficient (Wildman–Crippen LogP) is 3.24. The third-order valence-electron chi connectivity index (χ3n) is 2.09. The lowest BCUT2D eigenvalue weighted by Gasteiger charge is -2.08. The molecule has 1 rings (SSSR count). The lowest BCUT2D eigenvalue weighted by Crippen LogP contribution is -2.02. The van der Waals surface area contributed by atoms with Crippen LogP contribution in [0, 0.1) is 0 Å². The molecule has 0 saturated heterocycles. The van der Waals surface area contributed by atoms with Crippen molar-refractivity contribution >= 4 is 0 Å². The molecule has 3 nitrogen and oxygen atoms in total. The normalized spacial score (nSPS) is 10.1. The van der Waals surface area contributed by atoms with E-state index in [-0.39, 0.29) is 6.79 Å². The van der Waals surface area contributed by atoms with E-state index in [1.54, 1.807) is 0 Å². The fourth-order valence-corrected chi connectivity index (χ4v) is 1.18. The molecular weight excluding hydrogens is 204 g/mol. The number of hydrogen-bond acceptors (Lipinski definition) is 3. The van der Waals surface area contributed by atoms with E-state index in [0.29, 0.717) is 6.61 Å². The van der Waals surface area contributed by atoms with E-state index in [1.165, 1.54) is 0 Å². The van der Waals surface area contributed by atoms with Gasteiger partial charge in [-0.05, 0) is 25.5 Å². The highest BCUT2D eigenvalue weighted by molar-refractivity contribution is 5.32. The van der Waals surface area contributed by atoms with Crippen LogP contribution in [0.15, 0.2) is 24.3 Å². The van der Waals surface area contributed by atoms with Crippen LogP contribution in [0.1, 0.15) is 26.7 Å². The number of benzene rings is 1. The summed E-state index contributed by atoms with van der Waals surface area (Å²) in [6.45, 7) is 5.78. The number of unbranched alkanes of at least 4 members (excludes halogenated alkanes) is 1. The molecule has 0 aromatic heterocycles. The second-order valence-corrected chi connectivity index (χ2v) is 3.43. The predicted molar refractivity (Wildman–Crippen MR) is 64.0 cm³/mol. The Bertz CT molecular complexity index is 261. The molecule has 0 unspecified atom stereocenters. The van der Waals surface area contributed by atoms with Crippen LogP contribution in [0.5, 0.6) is 11.5 Å². The fourth-order valence-electron chi connectivity index (χ4n) is 1.18. The summed E-state index contributed by atoms with van der Waals surface area (Å²) in [5, 5.41) is 0. The zero-order chi connectivity index (χ0) is 11.6. The van der Waals surface area contributed by atoms with Gasteiger partial charge in [0.15, 0.2) is 6.79 Å². The maximum absolute atomic E-state index is 5.57. The zero-order valence-corrected chi connectivity index (χ0v) is 10.1. The van der Waals surface area contributed by atoms with Crippen molar-refractivity contribution in [3.8, 4) is 11.5 Å². The SMILES string of the molecule is CCCCOc1cccc(OCOCC)c1. The van der Waals surface area contributed by atoms with Gasteiger partial charge in [0.25, 0.3) is 0 Å². The summed E-state index contributed by atoms with van der Waals surface area (Å²) in [6.07, 6.45) is 2.21. The van der Waals surface area contributed by atoms with E-state index in [0.717, 1.165) is 30.9 Å². The molecule has 16 heavy (non-hydrogen) atoms. The number of hydrogen-bond donors (Lipinski definition) is 0. The Morgan fingerprint density at radius 3 is 2.50 bits per heavy atom. The van der Waals surface area contributed by atoms with E-state index in [9.17, 15) is 0 Å². The van der Waals surface area contributed by atoms with Crippen molar-refractivity contribution in [2.75, 3.05) is 20.0 Å². The summed E-state index contributed by atoms with van der Waals surface area (Å²) < 4.78 is 16.1. The van der Waals surface area contributed by atoms with Crippen molar-refractivity contribution in [1.82, 2.24) is 0 Å². The first-order valence-electron chi connectivity index (χ1n) is 5.80. The Kier molecular flexibility index (Phi) is 6.42. The van der Waals surface area contributed by atoms with Crippen molar-refractivity contribution in [2.45, 2.75) is 26.7 Å². The number of rotatable bonds is 8. The van der Waals surface area contributed by atoms with E-state index >= 15 is 0 Å². The van der Waals surface area contributed by atoms with Gasteiger partial charge >= 0.3 is 0 Å². The van der Waals surface area contributed by atoms with E-state index in [2.05, 4.69) is 6.92 Å². The standard InChI is InChI=1S/C13H20O3/c1-3-5-9-15-12-7-6-8-13(10-12)16-11-14-4-2/h6-8,10H,3-5,9,11H2,1-2H3. The Balaban J connectivity index is 2.37. The lowest BCUT2D eigenvalue weighted by atomic mass is 10.3. The molecule has 0 saturated carbocycles. The average Bonchev–Trinajstić information content (AvgIpc) is 2.30. The highest BCUT2D eigenvalue weighted by atomic mass is 16.7. The highest BCUT2D eigenvalue weighted by Crippen LogP contribution is 2.19. The molecule has 0 spiro atoms. The van der Waals surface area contributed by atoms with Crippen LogP contribution >= 0.6 is 0 Å². The fraction of sp³-hybridized carbons (Fsp3) is 0.538. The molecule has 0 aliphatic heterocycles. The molecule has 1 aromatic carbocycles. The maximum Gasteiger partial charge on any atom is 0.189 e. The van der Waals surface area contributed by atoms with Crippen molar-refractivity contribution < 1.29 is 14.2 Å². The Labute approximate surface area is 97.3 Å². The maximum atomic E-state index is 5.57. The molecule has 0 atom stereocenters. The summed E-state index contributed by atoms with van der Waals surface area (Å²) in [4.78, 5) is 0. The van der Waals surface area contributed by atoms with Gasteiger partial charge in [-0.1, -0.05) is 19.4 Å². The van der Waals surface area contributed by atoms with Crippen LogP contribution in [-0.2, 0) is 4.74 Å². The first-order chi connectivity index (χ1) is 7.86. The van der Waals surface area contributed by atoms with Crippen molar-refractivity contribution in [2.24, 2.45) is 0 Å². The minimum absolute atomic E-state index is 0.287. The van der Waals surface area contributed by atoms with Crippen LogP contribution in [0.4, 0.5) is 0 Å². The largest absolute Gasteiger partial charge is 0.493 e. The van der Waals surface area contributed by atoms with Gasteiger partial charge in [-0.2, -0.15) is 0 Å². The van der Waals surface area contributed by atoms with Crippen molar-refractivity contribution in [3.63, 3.8) is 0 Å². The summed E-state index contributed by atoms with van der Waals surface area (Å²) in [5.74, 6) is 1.63. The Morgan fingerprint density at radius 2 is 1.81 bits per heavy atom. The van der Waals surface area contributed by atoms with Gasteiger partial charge in [0, 0.05) is 12.7 Å². The monoisotopic (exact) mass is 224 g/mol. The van der Waals surface area contributed by atoms with Crippen molar-refractivity contribution in [3.05, 3.63) is 24.3 Å². The summed E-state index contributed by atoms with van der Waals surface area (Å²) in [7, 11) is 0. The smallest absolute Gasteiger partial charge is 0.189 e. The van der Waals surface area contributed by atoms with Crippen molar-refractivity contribution in [1.29, 1.82) is 0 Å². The highest BCUT2D eigenvalue weighted by Gasteiger charge is 1.97. The van der Waals surface area contributed by atoms with Gasteiger partial charge < -0.3 is 14.2 Å². The molecule has 0 amide bonds. The summed E-state index contributed by atoms with van der Waals surface area (Å²) in [5.41, 5.74) is 0. The second-order valence-electron chi connectivity index (χ2n) is 3.43. The number of ether oxygens (including phenoxy) is 3. The van der Waals surface area contributed by atoms with Crippen LogP contribution < -0.4 is 9.47 Å². The molecule has 90 valence electrons. The molecule has 0 radical (unpaired) electrons. The van der Waals surface area contributed by atoms with Crippen LogP contribution in [0.25, 0.3) is 0 Å². The van der Waals surface area contributed by atoms with Gasteiger partial charge in [-0.3, -0.25) is 0 Å². The molecule has 1 aromatic rings. The molecule has 3 heteroatoms. The first kappa shape index (κ1) is 12.8. The quantitative estimate of drug-likeness (QED) is 0.501. The molecular formula is C13H20O3. The zero-order valence-electron chi connectivity index (χ0n) is 10.1. The first-order valence-corrected chi connectivity index (χ1v) is 5.80. The minimum atomic E-state index is 0.287. The van der Waals surface area contributed by atoms with E-state index < -0.39 is 0 Å². The van der Waals surface area contributed by atoms with Gasteiger partial charge in [0.1, 0.15) is 11.5 Å². The van der Waals surface area contributed by atoms with E-state index in [1.807, 2.05) is 31.2 Å². The van der Waals surface area contributed by atoms with Crippen LogP contribution in [0.3, 0.4) is 0 Å². The summed E-state index contributed by atoms with van der Waals surface area (Å²) >= 11 is 0. The molecule has 0 aliphatic carbocycles. The lowest BCUT2D eigenvalue weighted by molar-refractivity contribution is 0.0223. The molecule has 0 aliphatic rings. The average molecular weight is 224 g/mol. The van der Waals surface area contributed by atoms with Gasteiger partial charge in [-0.25, -0.2) is 0 Å². The van der Waals surface area contributed by atoms with Gasteiger partial charge in [0.2, 0.25) is 0 Å². The van der Waals surface area contributed by atoms with E-state index in [4.69, 9.17) is 14.2 Å². The Morgan fingerprint density at radius 1 is 1.06 bits per heavy atom. The minimum Gasteiger partial charge on any atom is -0.493 e. The second kappa shape index (κ2) is 7.99. The third-order valence-corrected chi connectivity index (χ3v) is 2.09. The molecule has 0 fully saturated rings. The Hall–Kier alpha value is -1.22. The molecule has 0 N–H and O–H groups in total. The topological polar surface area (TPSA) is 27.7 Å². The van der Waals surface area contributed by atoms with Crippen LogP contribution in [0.2, 0.25) is 0 Å². The summed E-state index contributed by atoms with van der Waals surface area (Å²) in [6, 6.07) is 7.63. The third kappa shape index (κ3) is 5.03. The molecule has 0 heterocycles. The van der Waals surface area contributed by atoms with Gasteiger partial charge in [-0.15, -0.1) is 0 Å².